The van der Waals surface area contributed by atoms with Crippen LogP contribution in [-0.4, -0.2) is 84.3 Å². The van der Waals surface area contributed by atoms with Crippen LogP contribution in [0.2, 0.25) is 0 Å². The number of fused-ring (bicyclic) bond motifs is 1. The standard InChI is InChI=1S/C27H33FN4O3S.C2HF3O2/c28-23-11-9-21(10-12-23)25(31-13-3-4-14-31)17-29-27-26(16-22-7-1-2-8-24(22)30-27)36(34,35)32-15-5-6-20(18-32)19-33;3-2(4,5)1(6)7/h1-2,7-12,16,20,25,33H,3-6,13-15,17-19H2,(H,29,30);(H,6,7)/t20-,25?;/m1./s1. The number of alkyl halides is 3. The molecule has 43 heavy (non-hydrogen) atoms. The number of carbonyl (C=O) groups is 1. The van der Waals surface area contributed by atoms with E-state index < -0.39 is 22.2 Å². The van der Waals surface area contributed by atoms with Gasteiger partial charge in [0.1, 0.15) is 16.5 Å². The van der Waals surface area contributed by atoms with Crippen LogP contribution in [0.25, 0.3) is 10.9 Å². The van der Waals surface area contributed by atoms with Crippen molar-refractivity contribution < 1.29 is 41.0 Å². The number of para-hydroxylation sites is 1. The maximum atomic E-state index is 13.8. The van der Waals surface area contributed by atoms with E-state index in [4.69, 9.17) is 14.9 Å². The molecule has 0 amide bonds. The van der Waals surface area contributed by atoms with E-state index in [1.807, 2.05) is 24.3 Å². The monoisotopic (exact) mass is 626 g/mol. The molecule has 3 aromatic rings. The number of sulfonamides is 1. The Balaban J connectivity index is 0.000000541. The van der Waals surface area contributed by atoms with Gasteiger partial charge < -0.3 is 15.5 Å². The number of nitrogens with one attached hydrogen (secondary N) is 1. The second-order valence-electron chi connectivity index (χ2n) is 10.6. The first-order valence-electron chi connectivity index (χ1n) is 13.9. The highest BCUT2D eigenvalue weighted by Crippen LogP contribution is 2.32. The third-order valence-electron chi connectivity index (χ3n) is 7.59. The highest BCUT2D eigenvalue weighted by Gasteiger charge is 2.38. The summed E-state index contributed by atoms with van der Waals surface area (Å²) in [6.45, 7) is 3.03. The molecule has 2 aliphatic heterocycles. The van der Waals surface area contributed by atoms with E-state index in [9.17, 15) is 31.1 Å². The fourth-order valence-corrected chi connectivity index (χ4v) is 7.04. The van der Waals surface area contributed by atoms with E-state index in [2.05, 4.69) is 10.2 Å². The summed E-state index contributed by atoms with van der Waals surface area (Å²) in [5, 5.41) is 20.9. The number of hydrogen-bond donors (Lipinski definition) is 3. The smallest absolute Gasteiger partial charge is 0.475 e. The second kappa shape index (κ2) is 14.0. The first kappa shape index (κ1) is 32.6. The van der Waals surface area contributed by atoms with Gasteiger partial charge in [0, 0.05) is 31.6 Å². The molecule has 2 saturated heterocycles. The van der Waals surface area contributed by atoms with E-state index in [0.29, 0.717) is 31.0 Å². The summed E-state index contributed by atoms with van der Waals surface area (Å²) in [7, 11) is -3.83. The molecule has 2 aromatic carbocycles. The molecule has 2 aliphatic rings. The number of rotatable bonds is 8. The van der Waals surface area contributed by atoms with E-state index in [1.165, 1.54) is 16.4 Å². The summed E-state index contributed by atoms with van der Waals surface area (Å²) in [4.78, 5) is 16.1. The van der Waals surface area contributed by atoms with Crippen LogP contribution in [0.3, 0.4) is 0 Å². The highest BCUT2D eigenvalue weighted by molar-refractivity contribution is 7.89. The minimum atomic E-state index is -5.08. The van der Waals surface area contributed by atoms with Gasteiger partial charge in [-0.25, -0.2) is 22.6 Å². The molecule has 2 atom stereocenters. The van der Waals surface area contributed by atoms with Gasteiger partial charge in [0.15, 0.2) is 0 Å². The van der Waals surface area contributed by atoms with Crippen LogP contribution in [0, 0.1) is 11.7 Å². The maximum absolute atomic E-state index is 13.8. The molecule has 3 heterocycles. The number of aromatic nitrogens is 1. The lowest BCUT2D eigenvalue weighted by atomic mass is 10.0. The molecular weight excluding hydrogens is 592 g/mol. The first-order valence-corrected chi connectivity index (χ1v) is 15.4. The molecule has 0 bridgehead atoms. The van der Waals surface area contributed by atoms with Crippen LogP contribution < -0.4 is 5.32 Å². The minimum absolute atomic E-state index is 0.0255. The van der Waals surface area contributed by atoms with E-state index in [-0.39, 0.29) is 29.3 Å². The molecule has 0 radical (unpaired) electrons. The van der Waals surface area contributed by atoms with Crippen molar-refractivity contribution in [3.8, 4) is 0 Å². The van der Waals surface area contributed by atoms with Gasteiger partial charge in [-0.05, 0) is 74.5 Å². The van der Waals surface area contributed by atoms with E-state index in [0.717, 1.165) is 49.7 Å². The zero-order valence-electron chi connectivity index (χ0n) is 23.3. The predicted molar refractivity (Wildman–Crippen MR) is 152 cm³/mol. The molecule has 5 rings (SSSR count). The fourth-order valence-electron chi connectivity index (χ4n) is 5.34. The quantitative estimate of drug-likeness (QED) is 0.309. The van der Waals surface area contributed by atoms with Gasteiger partial charge in [-0.3, -0.25) is 4.90 Å². The molecule has 14 heteroatoms. The number of hydrogen-bond acceptors (Lipinski definition) is 7. The van der Waals surface area contributed by atoms with Gasteiger partial charge >= 0.3 is 12.1 Å². The maximum Gasteiger partial charge on any atom is 0.490 e. The van der Waals surface area contributed by atoms with Crippen molar-refractivity contribution in [3.63, 3.8) is 0 Å². The zero-order chi connectivity index (χ0) is 31.2. The Morgan fingerprint density at radius 3 is 2.33 bits per heavy atom. The number of aliphatic hydroxyl groups excluding tert-OH is 1. The molecule has 0 saturated carbocycles. The normalized spacial score (nSPS) is 19.0. The largest absolute Gasteiger partial charge is 0.490 e. The Labute approximate surface area is 247 Å². The Kier molecular flexibility index (Phi) is 10.6. The van der Waals surface area contributed by atoms with Crippen molar-refractivity contribution in [2.75, 3.05) is 44.6 Å². The lowest BCUT2D eigenvalue weighted by Crippen LogP contribution is -2.41. The molecule has 0 spiro atoms. The lowest BCUT2D eigenvalue weighted by Gasteiger charge is -2.32. The Bertz CT molecular complexity index is 1500. The summed E-state index contributed by atoms with van der Waals surface area (Å²) in [6.07, 6.45) is -1.34. The van der Waals surface area contributed by atoms with Crippen molar-refractivity contribution in [1.82, 2.24) is 14.2 Å². The van der Waals surface area contributed by atoms with Gasteiger partial charge in [-0.1, -0.05) is 30.3 Å². The average molecular weight is 627 g/mol. The lowest BCUT2D eigenvalue weighted by molar-refractivity contribution is -0.192. The molecule has 3 N–H and O–H groups in total. The first-order chi connectivity index (χ1) is 20.4. The zero-order valence-corrected chi connectivity index (χ0v) is 24.1. The summed E-state index contributed by atoms with van der Waals surface area (Å²) in [5.74, 6) is -2.77. The number of benzene rings is 2. The summed E-state index contributed by atoms with van der Waals surface area (Å²) in [5.41, 5.74) is 1.70. The number of pyridine rings is 1. The molecule has 1 aromatic heterocycles. The number of anilines is 1. The van der Waals surface area contributed by atoms with Crippen LogP contribution >= 0.6 is 0 Å². The number of halogens is 4. The van der Waals surface area contributed by atoms with Crippen molar-refractivity contribution in [2.24, 2.45) is 5.92 Å². The second-order valence-corrected chi connectivity index (χ2v) is 12.5. The molecule has 2 fully saturated rings. The predicted octanol–water partition coefficient (Wildman–Crippen LogP) is 4.65. The summed E-state index contributed by atoms with van der Waals surface area (Å²) in [6, 6.07) is 15.7. The van der Waals surface area contributed by atoms with Crippen LogP contribution in [0.15, 0.2) is 59.5 Å². The number of piperidine rings is 1. The van der Waals surface area contributed by atoms with Crippen molar-refractivity contribution >= 4 is 32.7 Å². The van der Waals surface area contributed by atoms with Gasteiger partial charge in [0.25, 0.3) is 0 Å². The number of aliphatic carboxylic acids is 1. The minimum Gasteiger partial charge on any atom is -0.475 e. The van der Waals surface area contributed by atoms with Crippen LogP contribution in [-0.2, 0) is 14.8 Å². The SMILES string of the molecule is O=C(O)C(F)(F)F.O=S(=O)(c1cc2ccccc2nc1NCC(c1ccc(F)cc1)N1CCCC1)N1CCC[C@@H](CO)C1. The van der Waals surface area contributed by atoms with Crippen LogP contribution in [0.1, 0.15) is 37.3 Å². The van der Waals surface area contributed by atoms with Crippen LogP contribution in [0.4, 0.5) is 23.4 Å². The Morgan fingerprint density at radius 1 is 1.05 bits per heavy atom. The molecule has 9 nitrogen and oxygen atoms in total. The topological polar surface area (TPSA) is 123 Å². The number of carboxylic acid groups (broad SMARTS) is 1. The van der Waals surface area contributed by atoms with Crippen molar-refractivity contribution in [1.29, 1.82) is 0 Å². The Morgan fingerprint density at radius 2 is 1.70 bits per heavy atom. The average Bonchev–Trinajstić information content (AvgIpc) is 3.52. The molecular formula is C29H34F4N4O5S. The van der Waals surface area contributed by atoms with Gasteiger partial charge in [0.2, 0.25) is 10.0 Å². The van der Waals surface area contributed by atoms with Gasteiger partial charge in [-0.15, -0.1) is 0 Å². The molecule has 1 unspecified atom stereocenters. The van der Waals surface area contributed by atoms with E-state index in [1.54, 1.807) is 18.2 Å². The fraction of sp³-hybridized carbons (Fsp3) is 0.448. The van der Waals surface area contributed by atoms with Gasteiger partial charge in [0.05, 0.1) is 11.6 Å². The van der Waals surface area contributed by atoms with Gasteiger partial charge in [-0.2, -0.15) is 17.5 Å². The van der Waals surface area contributed by atoms with Crippen LogP contribution in [0.5, 0.6) is 0 Å². The highest BCUT2D eigenvalue weighted by atomic mass is 32.2. The van der Waals surface area contributed by atoms with Crippen molar-refractivity contribution in [2.45, 2.75) is 42.8 Å². The number of aliphatic hydroxyl groups is 1. The third-order valence-corrected chi connectivity index (χ3v) is 9.47. The van der Waals surface area contributed by atoms with Crippen molar-refractivity contribution in [3.05, 3.63) is 66.0 Å². The third kappa shape index (κ3) is 8.19. The molecule has 234 valence electrons. The summed E-state index contributed by atoms with van der Waals surface area (Å²) < 4.78 is 74.5. The van der Waals surface area contributed by atoms with E-state index >= 15 is 0 Å². The summed E-state index contributed by atoms with van der Waals surface area (Å²) >= 11 is 0. The number of likely N-dealkylation sites (tertiary alicyclic amines) is 1. The molecule has 0 aliphatic carbocycles. The number of nitrogens with zero attached hydrogens (tertiary/aromatic N) is 3. The Hall–Kier alpha value is -3.33. The number of carboxylic acids is 1.